The molecule has 7 heteroatoms. The Morgan fingerprint density at radius 1 is 1.13 bits per heavy atom. The summed E-state index contributed by atoms with van der Waals surface area (Å²) in [6.07, 6.45) is 0.967. The molecule has 0 spiro atoms. The van der Waals surface area contributed by atoms with Crippen LogP contribution >= 0.6 is 11.3 Å². The lowest BCUT2D eigenvalue weighted by Crippen LogP contribution is -2.40. The molecule has 0 unspecified atom stereocenters. The van der Waals surface area contributed by atoms with E-state index < -0.39 is 10.0 Å². The molecule has 2 heterocycles. The molecule has 0 saturated heterocycles. The second kappa shape index (κ2) is 9.12. The summed E-state index contributed by atoms with van der Waals surface area (Å²) >= 11 is 1.63. The van der Waals surface area contributed by atoms with Gasteiger partial charge in [-0.15, -0.1) is 0 Å². The lowest BCUT2D eigenvalue weighted by Gasteiger charge is -2.35. The fraction of sp³-hybridized carbons (Fsp3) is 0.333. The van der Waals surface area contributed by atoms with Crippen LogP contribution in [0.25, 0.3) is 0 Å². The number of methoxy groups -OCH3 is 1. The molecule has 0 aliphatic carbocycles. The predicted octanol–water partition coefficient (Wildman–Crippen LogP) is 4.45. The van der Waals surface area contributed by atoms with Crippen LogP contribution in [0.5, 0.6) is 5.75 Å². The van der Waals surface area contributed by atoms with Crippen LogP contribution in [0.4, 0.5) is 0 Å². The molecule has 1 aliphatic heterocycles. The summed E-state index contributed by atoms with van der Waals surface area (Å²) in [4.78, 5) is 2.55. The van der Waals surface area contributed by atoms with Crippen molar-refractivity contribution in [3.8, 4) is 5.75 Å². The van der Waals surface area contributed by atoms with Crippen molar-refractivity contribution in [2.45, 2.75) is 37.8 Å². The standard InChI is InChI=1S/C24H28N2O3S2/c1-17-12-23(29-3)24(13-18(17)2)31(27,28)25-14-22(21-9-11-30-16-21)26-10-8-19-6-4-5-7-20(19)15-26/h4-7,9,11-13,16,22,25H,8,10,14-15H2,1-3H3/t22-/m0/s1. The number of aryl methyl sites for hydroxylation is 2. The number of benzene rings is 2. The van der Waals surface area contributed by atoms with E-state index in [1.807, 2.05) is 19.2 Å². The molecule has 0 saturated carbocycles. The van der Waals surface area contributed by atoms with Gasteiger partial charge in [0.25, 0.3) is 0 Å². The summed E-state index contributed by atoms with van der Waals surface area (Å²) in [6.45, 7) is 5.87. The van der Waals surface area contributed by atoms with Crippen molar-refractivity contribution in [1.82, 2.24) is 9.62 Å². The van der Waals surface area contributed by atoms with E-state index >= 15 is 0 Å². The Morgan fingerprint density at radius 3 is 2.58 bits per heavy atom. The Hall–Kier alpha value is -2.19. The maximum absolute atomic E-state index is 13.2. The summed E-state index contributed by atoms with van der Waals surface area (Å²) in [5, 5.41) is 4.15. The van der Waals surface area contributed by atoms with Gasteiger partial charge in [-0.1, -0.05) is 24.3 Å². The number of hydrogen-bond donors (Lipinski definition) is 1. The molecule has 4 rings (SSSR count). The van der Waals surface area contributed by atoms with Crippen molar-refractivity contribution in [1.29, 1.82) is 0 Å². The first-order chi connectivity index (χ1) is 14.9. The summed E-state index contributed by atoms with van der Waals surface area (Å²) in [7, 11) is -2.22. The quantitative estimate of drug-likeness (QED) is 0.571. The van der Waals surface area contributed by atoms with Gasteiger partial charge in [0.05, 0.1) is 7.11 Å². The van der Waals surface area contributed by atoms with Crippen LogP contribution in [-0.4, -0.2) is 33.5 Å². The van der Waals surface area contributed by atoms with Crippen LogP contribution in [0.1, 0.15) is 33.9 Å². The number of rotatable bonds is 7. The highest BCUT2D eigenvalue weighted by molar-refractivity contribution is 7.89. The second-order valence-corrected chi connectivity index (χ2v) is 10.5. The normalized spacial score (nSPS) is 15.5. The topological polar surface area (TPSA) is 58.6 Å². The summed E-state index contributed by atoms with van der Waals surface area (Å²) in [5.41, 5.74) is 5.75. The zero-order valence-corrected chi connectivity index (χ0v) is 19.7. The minimum absolute atomic E-state index is 0.0353. The minimum Gasteiger partial charge on any atom is -0.495 e. The molecule has 1 N–H and O–H groups in total. The maximum atomic E-state index is 13.2. The van der Waals surface area contributed by atoms with Gasteiger partial charge in [-0.05, 0) is 77.0 Å². The van der Waals surface area contributed by atoms with E-state index in [0.29, 0.717) is 12.3 Å². The molecule has 1 atom stereocenters. The lowest BCUT2D eigenvalue weighted by atomic mass is 9.97. The smallest absolute Gasteiger partial charge is 0.244 e. The van der Waals surface area contributed by atoms with Gasteiger partial charge in [0, 0.05) is 25.7 Å². The first kappa shape index (κ1) is 22.0. The SMILES string of the molecule is COc1cc(C)c(C)cc1S(=O)(=O)NC[C@@H](c1ccsc1)N1CCc2ccccc2C1. The van der Waals surface area contributed by atoms with Gasteiger partial charge in [-0.2, -0.15) is 11.3 Å². The predicted molar refractivity (Wildman–Crippen MR) is 125 cm³/mol. The monoisotopic (exact) mass is 456 g/mol. The number of thiophene rings is 1. The highest BCUT2D eigenvalue weighted by atomic mass is 32.2. The average Bonchev–Trinajstić information content (AvgIpc) is 3.29. The Balaban J connectivity index is 1.59. The van der Waals surface area contributed by atoms with Crippen molar-refractivity contribution in [2.75, 3.05) is 20.2 Å². The fourth-order valence-corrected chi connectivity index (χ4v) is 6.08. The average molecular weight is 457 g/mol. The van der Waals surface area contributed by atoms with E-state index in [2.05, 4.69) is 45.3 Å². The van der Waals surface area contributed by atoms with Crippen LogP contribution in [0, 0.1) is 13.8 Å². The maximum Gasteiger partial charge on any atom is 0.244 e. The zero-order chi connectivity index (χ0) is 22.0. The molecule has 0 bridgehead atoms. The third-order valence-corrected chi connectivity index (χ3v) is 8.21. The van der Waals surface area contributed by atoms with Crippen LogP contribution in [-0.2, 0) is 23.0 Å². The molecule has 3 aromatic rings. The Morgan fingerprint density at radius 2 is 1.87 bits per heavy atom. The van der Waals surface area contributed by atoms with Crippen molar-refractivity contribution >= 4 is 21.4 Å². The molecule has 0 radical (unpaired) electrons. The third kappa shape index (κ3) is 4.70. The van der Waals surface area contributed by atoms with Crippen molar-refractivity contribution < 1.29 is 13.2 Å². The Kier molecular flexibility index (Phi) is 6.48. The molecule has 0 amide bonds. The first-order valence-electron chi connectivity index (χ1n) is 10.4. The molecule has 5 nitrogen and oxygen atoms in total. The molecular weight excluding hydrogens is 428 g/mol. The number of nitrogens with one attached hydrogen (secondary N) is 1. The van der Waals surface area contributed by atoms with E-state index in [9.17, 15) is 8.42 Å². The fourth-order valence-electron chi connectivity index (χ4n) is 4.11. The molecule has 1 aromatic heterocycles. The van der Waals surface area contributed by atoms with Gasteiger partial charge in [0.1, 0.15) is 10.6 Å². The van der Waals surface area contributed by atoms with Gasteiger partial charge in [0.2, 0.25) is 10.0 Å². The van der Waals surface area contributed by atoms with Crippen molar-refractivity contribution in [2.24, 2.45) is 0 Å². The van der Waals surface area contributed by atoms with Crippen LogP contribution < -0.4 is 9.46 Å². The number of nitrogens with zero attached hydrogens (tertiary/aromatic N) is 1. The van der Waals surface area contributed by atoms with Crippen LogP contribution in [0.15, 0.2) is 58.1 Å². The third-order valence-electron chi connectivity index (χ3n) is 6.07. The van der Waals surface area contributed by atoms with Crippen LogP contribution in [0.2, 0.25) is 0 Å². The van der Waals surface area contributed by atoms with E-state index in [1.54, 1.807) is 23.5 Å². The van der Waals surface area contributed by atoms with E-state index in [4.69, 9.17) is 4.74 Å². The van der Waals surface area contributed by atoms with Gasteiger partial charge in [-0.25, -0.2) is 13.1 Å². The summed E-state index contributed by atoms with van der Waals surface area (Å²) in [5.74, 6) is 0.370. The van der Waals surface area contributed by atoms with E-state index in [0.717, 1.165) is 36.2 Å². The molecule has 0 fully saturated rings. The number of hydrogen-bond acceptors (Lipinski definition) is 5. The second-order valence-electron chi connectivity index (χ2n) is 8.00. The molecule has 2 aromatic carbocycles. The lowest BCUT2D eigenvalue weighted by molar-refractivity contribution is 0.180. The molecule has 1 aliphatic rings. The molecule has 31 heavy (non-hydrogen) atoms. The molecule has 164 valence electrons. The van der Waals surface area contributed by atoms with Crippen molar-refractivity contribution in [3.63, 3.8) is 0 Å². The number of sulfonamides is 1. The largest absolute Gasteiger partial charge is 0.495 e. The first-order valence-corrected chi connectivity index (χ1v) is 12.8. The summed E-state index contributed by atoms with van der Waals surface area (Å²) < 4.78 is 34.7. The van der Waals surface area contributed by atoms with Gasteiger partial charge >= 0.3 is 0 Å². The van der Waals surface area contributed by atoms with Crippen LogP contribution in [0.3, 0.4) is 0 Å². The van der Waals surface area contributed by atoms with Gasteiger partial charge in [0.15, 0.2) is 0 Å². The molecular formula is C24H28N2O3S2. The summed E-state index contributed by atoms with van der Waals surface area (Å²) in [6, 6.07) is 14.0. The number of fused-ring (bicyclic) bond motifs is 1. The van der Waals surface area contributed by atoms with Crippen molar-refractivity contribution in [3.05, 3.63) is 81.0 Å². The minimum atomic E-state index is -3.73. The Bertz CT molecular complexity index is 1160. The van der Waals surface area contributed by atoms with Gasteiger partial charge in [-0.3, -0.25) is 4.90 Å². The highest BCUT2D eigenvalue weighted by Gasteiger charge is 2.28. The van der Waals surface area contributed by atoms with Gasteiger partial charge < -0.3 is 4.74 Å². The highest BCUT2D eigenvalue weighted by Crippen LogP contribution is 2.31. The number of ether oxygens (including phenoxy) is 1. The zero-order valence-electron chi connectivity index (χ0n) is 18.1. The Labute approximate surface area is 188 Å². The van der Waals surface area contributed by atoms with E-state index in [1.165, 1.54) is 18.2 Å². The van der Waals surface area contributed by atoms with E-state index in [-0.39, 0.29) is 10.9 Å².